The van der Waals surface area contributed by atoms with Crippen LogP contribution in [0.15, 0.2) is 34.5 Å². The third-order valence-corrected chi connectivity index (χ3v) is 4.54. The molecule has 146 valence electrons. The van der Waals surface area contributed by atoms with Crippen LogP contribution in [0.1, 0.15) is 32.3 Å². The van der Waals surface area contributed by atoms with E-state index < -0.39 is 23.8 Å². The predicted molar refractivity (Wildman–Crippen MR) is 100 cm³/mol. The fraction of sp³-hybridized carbons (Fsp3) is 0.450. The van der Waals surface area contributed by atoms with Crippen LogP contribution in [0.5, 0.6) is 11.5 Å². The van der Waals surface area contributed by atoms with E-state index in [0.717, 1.165) is 0 Å². The average Bonchev–Trinajstić information content (AvgIpc) is 2.66. The second-order valence-electron chi connectivity index (χ2n) is 6.07. The smallest absolute Gasteiger partial charge is 0.336 e. The summed E-state index contributed by atoms with van der Waals surface area (Å²) in [6.45, 7) is 5.45. The molecular formula is C20H25NO6. The molecule has 0 amide bonds. The number of aliphatic imine (C=N–C) groups is 1. The van der Waals surface area contributed by atoms with Crippen LogP contribution in [-0.2, 0) is 19.1 Å². The quantitative estimate of drug-likeness (QED) is 0.711. The highest BCUT2D eigenvalue weighted by Gasteiger charge is 2.42. The third-order valence-electron chi connectivity index (χ3n) is 4.54. The van der Waals surface area contributed by atoms with Crippen molar-refractivity contribution in [3.05, 3.63) is 35.0 Å². The zero-order valence-electron chi connectivity index (χ0n) is 16.5. The average molecular weight is 375 g/mol. The summed E-state index contributed by atoms with van der Waals surface area (Å²) in [7, 11) is 4.37. The molecule has 0 saturated heterocycles. The Bertz CT molecular complexity index is 796. The van der Waals surface area contributed by atoms with Crippen molar-refractivity contribution in [2.24, 2.45) is 10.9 Å². The Labute approximate surface area is 159 Å². The summed E-state index contributed by atoms with van der Waals surface area (Å²) >= 11 is 0. The first-order valence-corrected chi connectivity index (χ1v) is 8.62. The molecule has 1 aromatic carbocycles. The first-order valence-electron chi connectivity index (χ1n) is 8.62. The van der Waals surface area contributed by atoms with Gasteiger partial charge in [-0.1, -0.05) is 6.07 Å². The van der Waals surface area contributed by atoms with Crippen LogP contribution >= 0.6 is 0 Å². The molecule has 0 fully saturated rings. The van der Waals surface area contributed by atoms with Gasteiger partial charge < -0.3 is 18.9 Å². The van der Waals surface area contributed by atoms with Gasteiger partial charge in [0.15, 0.2) is 11.5 Å². The SMILES string of the molecule is CCOC(=O)C1C(C)=NC(C)=C(C(=O)OC)[C@@H]1c1ccc(OC)c(OC)c1. The van der Waals surface area contributed by atoms with Crippen molar-refractivity contribution in [2.75, 3.05) is 27.9 Å². The predicted octanol–water partition coefficient (Wildman–Crippen LogP) is 2.89. The molecule has 0 aliphatic carbocycles. The number of ether oxygens (including phenoxy) is 4. The van der Waals surface area contributed by atoms with Crippen LogP contribution in [0.4, 0.5) is 0 Å². The summed E-state index contributed by atoms with van der Waals surface area (Å²) in [6, 6.07) is 5.29. The molecule has 0 bridgehead atoms. The molecule has 1 heterocycles. The van der Waals surface area contributed by atoms with E-state index in [9.17, 15) is 9.59 Å². The Hall–Kier alpha value is -2.83. The number of rotatable bonds is 6. The number of benzene rings is 1. The Kier molecular flexibility index (Phi) is 6.60. The Morgan fingerprint density at radius 3 is 2.30 bits per heavy atom. The van der Waals surface area contributed by atoms with Crippen LogP contribution < -0.4 is 9.47 Å². The molecule has 1 aliphatic rings. The number of allylic oxidation sites excluding steroid dienone is 1. The summed E-state index contributed by atoms with van der Waals surface area (Å²) in [6.07, 6.45) is 0. The van der Waals surface area contributed by atoms with Gasteiger partial charge in [-0.05, 0) is 38.5 Å². The number of carbonyl (C=O) groups is 2. The van der Waals surface area contributed by atoms with Gasteiger partial charge in [-0.3, -0.25) is 9.79 Å². The Morgan fingerprint density at radius 2 is 1.74 bits per heavy atom. The minimum absolute atomic E-state index is 0.234. The number of methoxy groups -OCH3 is 3. The monoisotopic (exact) mass is 375 g/mol. The van der Waals surface area contributed by atoms with Crippen LogP contribution in [-0.4, -0.2) is 45.6 Å². The number of carbonyl (C=O) groups excluding carboxylic acids is 2. The van der Waals surface area contributed by atoms with E-state index >= 15 is 0 Å². The van der Waals surface area contributed by atoms with Crippen LogP contribution in [0.2, 0.25) is 0 Å². The number of nitrogens with zero attached hydrogens (tertiary/aromatic N) is 1. The second kappa shape index (κ2) is 8.70. The van der Waals surface area contributed by atoms with Gasteiger partial charge in [0.1, 0.15) is 5.92 Å². The largest absolute Gasteiger partial charge is 0.493 e. The molecule has 2 atom stereocenters. The van der Waals surface area contributed by atoms with Crippen molar-refractivity contribution in [1.29, 1.82) is 0 Å². The van der Waals surface area contributed by atoms with Gasteiger partial charge >= 0.3 is 11.9 Å². The van der Waals surface area contributed by atoms with E-state index in [-0.39, 0.29) is 6.61 Å². The lowest BCUT2D eigenvalue weighted by Crippen LogP contribution is -2.36. The van der Waals surface area contributed by atoms with Gasteiger partial charge in [0, 0.05) is 17.3 Å². The first kappa shape index (κ1) is 20.5. The summed E-state index contributed by atoms with van der Waals surface area (Å²) < 4.78 is 20.9. The minimum Gasteiger partial charge on any atom is -0.493 e. The zero-order valence-corrected chi connectivity index (χ0v) is 16.5. The van der Waals surface area contributed by atoms with E-state index in [1.165, 1.54) is 14.2 Å². The molecule has 7 heteroatoms. The van der Waals surface area contributed by atoms with Crippen molar-refractivity contribution in [1.82, 2.24) is 0 Å². The van der Waals surface area contributed by atoms with E-state index in [4.69, 9.17) is 18.9 Å². The number of esters is 2. The molecule has 2 rings (SSSR count). The summed E-state index contributed by atoms with van der Waals surface area (Å²) in [4.78, 5) is 29.6. The van der Waals surface area contributed by atoms with Gasteiger partial charge in [0.05, 0.1) is 33.5 Å². The number of hydrogen-bond donors (Lipinski definition) is 0. The van der Waals surface area contributed by atoms with E-state index in [1.807, 2.05) is 0 Å². The van der Waals surface area contributed by atoms with Gasteiger partial charge in [-0.25, -0.2) is 4.79 Å². The van der Waals surface area contributed by atoms with E-state index in [1.54, 1.807) is 46.1 Å². The summed E-state index contributed by atoms with van der Waals surface area (Å²) in [5.41, 5.74) is 2.13. The van der Waals surface area contributed by atoms with Gasteiger partial charge in [-0.2, -0.15) is 0 Å². The molecule has 1 unspecified atom stereocenters. The van der Waals surface area contributed by atoms with Crippen molar-refractivity contribution in [3.8, 4) is 11.5 Å². The normalized spacial score (nSPS) is 19.3. The zero-order chi connectivity index (χ0) is 20.1. The lowest BCUT2D eigenvalue weighted by Gasteiger charge is -2.31. The van der Waals surface area contributed by atoms with Crippen molar-refractivity contribution in [3.63, 3.8) is 0 Å². The van der Waals surface area contributed by atoms with E-state index in [2.05, 4.69) is 4.99 Å². The minimum atomic E-state index is -0.735. The van der Waals surface area contributed by atoms with Crippen molar-refractivity contribution < 1.29 is 28.5 Å². The highest BCUT2D eigenvalue weighted by Crippen LogP contribution is 2.42. The van der Waals surface area contributed by atoms with Gasteiger partial charge in [0.2, 0.25) is 0 Å². The topological polar surface area (TPSA) is 83.4 Å². The molecule has 0 N–H and O–H groups in total. The molecule has 1 aromatic rings. The molecule has 0 radical (unpaired) electrons. The van der Waals surface area contributed by atoms with Crippen molar-refractivity contribution >= 4 is 17.7 Å². The molecule has 27 heavy (non-hydrogen) atoms. The maximum atomic E-state index is 12.7. The Morgan fingerprint density at radius 1 is 1.07 bits per heavy atom. The molecule has 0 aromatic heterocycles. The summed E-state index contributed by atoms with van der Waals surface area (Å²) in [5, 5.41) is 0. The molecule has 0 spiro atoms. The maximum Gasteiger partial charge on any atom is 0.336 e. The third kappa shape index (κ3) is 3.97. The molecular weight excluding hydrogens is 350 g/mol. The first-order chi connectivity index (χ1) is 12.9. The van der Waals surface area contributed by atoms with Gasteiger partial charge in [-0.15, -0.1) is 0 Å². The lowest BCUT2D eigenvalue weighted by atomic mass is 9.75. The van der Waals surface area contributed by atoms with Crippen LogP contribution in [0, 0.1) is 5.92 Å². The van der Waals surface area contributed by atoms with Crippen molar-refractivity contribution in [2.45, 2.75) is 26.7 Å². The van der Waals surface area contributed by atoms with Gasteiger partial charge in [0.25, 0.3) is 0 Å². The standard InChI is InChI=1S/C20H25NO6/c1-7-27-20(23)17-12(3)21-11(2)16(19(22)26-6)18(17)13-8-9-14(24-4)15(10-13)25-5/h8-10,17-18H,7H2,1-6H3/t17?,18-/m0/s1. The van der Waals surface area contributed by atoms with Crippen LogP contribution in [0.3, 0.4) is 0 Å². The van der Waals surface area contributed by atoms with Crippen LogP contribution in [0.25, 0.3) is 0 Å². The number of hydrogen-bond acceptors (Lipinski definition) is 7. The molecule has 0 saturated carbocycles. The molecule has 7 nitrogen and oxygen atoms in total. The fourth-order valence-electron chi connectivity index (χ4n) is 3.36. The highest BCUT2D eigenvalue weighted by atomic mass is 16.5. The highest BCUT2D eigenvalue weighted by molar-refractivity contribution is 6.07. The lowest BCUT2D eigenvalue weighted by molar-refractivity contribution is -0.146. The summed E-state index contributed by atoms with van der Waals surface area (Å²) in [5.74, 6) is -1.25. The fourth-order valence-corrected chi connectivity index (χ4v) is 3.36. The molecule has 1 aliphatic heterocycles. The van der Waals surface area contributed by atoms with E-state index in [0.29, 0.717) is 34.0 Å². The second-order valence-corrected chi connectivity index (χ2v) is 6.07. The Balaban J connectivity index is 2.68. The maximum absolute atomic E-state index is 12.7.